The fraction of sp³-hybridized carbons (Fsp3) is 0.571. The van der Waals surface area contributed by atoms with E-state index >= 15 is 0 Å². The normalized spacial score (nSPS) is 19.4. The van der Waals surface area contributed by atoms with Crippen molar-refractivity contribution in [3.05, 3.63) is 60.7 Å². The Hall–Kier alpha value is -3.17. The van der Waals surface area contributed by atoms with Crippen LogP contribution < -0.4 is 10.4 Å². The molecule has 1 fully saturated rings. The molecule has 0 spiro atoms. The highest BCUT2D eigenvalue weighted by molar-refractivity contribution is 6.99. The van der Waals surface area contributed by atoms with Crippen molar-refractivity contribution in [2.24, 2.45) is 5.92 Å². The second-order valence-electron chi connectivity index (χ2n) is 14.6. The van der Waals surface area contributed by atoms with Crippen molar-refractivity contribution in [3.63, 3.8) is 0 Å². The van der Waals surface area contributed by atoms with Gasteiger partial charge in [0.15, 0.2) is 0 Å². The molecule has 3 atom stereocenters. The van der Waals surface area contributed by atoms with Crippen LogP contribution in [-0.4, -0.2) is 67.7 Å². The van der Waals surface area contributed by atoms with Crippen molar-refractivity contribution in [2.45, 2.75) is 110 Å². The quantitative estimate of drug-likeness (QED) is 0.196. The van der Waals surface area contributed by atoms with Crippen LogP contribution >= 0.6 is 0 Å². The van der Waals surface area contributed by atoms with Gasteiger partial charge in [-0.2, -0.15) is 0 Å². The first kappa shape index (κ1) is 35.3. The van der Waals surface area contributed by atoms with E-state index in [0.29, 0.717) is 12.8 Å². The van der Waals surface area contributed by atoms with Gasteiger partial charge in [0.2, 0.25) is 0 Å². The third-order valence-electron chi connectivity index (χ3n) is 7.70. The smallest absolute Gasteiger partial charge is 0.411 e. The molecular weight excluding hydrogens is 574 g/mol. The lowest BCUT2D eigenvalue weighted by molar-refractivity contribution is -0.160. The van der Waals surface area contributed by atoms with Crippen molar-refractivity contribution in [1.29, 1.82) is 0 Å². The van der Waals surface area contributed by atoms with E-state index in [0.717, 1.165) is 10.4 Å². The maximum atomic E-state index is 13.8. The minimum Gasteiger partial charge on any atom is -0.466 e. The summed E-state index contributed by atoms with van der Waals surface area (Å²) in [6.45, 7) is 19.2. The molecule has 0 saturated carbocycles. The van der Waals surface area contributed by atoms with Gasteiger partial charge in [0.1, 0.15) is 17.2 Å². The van der Waals surface area contributed by atoms with Crippen molar-refractivity contribution in [2.75, 3.05) is 13.2 Å². The van der Waals surface area contributed by atoms with Crippen LogP contribution in [0.3, 0.4) is 0 Å². The van der Waals surface area contributed by atoms with E-state index < -0.39 is 49.6 Å². The van der Waals surface area contributed by atoms with Crippen molar-refractivity contribution >= 4 is 36.7 Å². The van der Waals surface area contributed by atoms with Crippen molar-refractivity contribution in [1.82, 2.24) is 4.90 Å². The van der Waals surface area contributed by atoms with Crippen molar-refractivity contribution in [3.8, 4) is 0 Å². The first-order valence-corrected chi connectivity index (χ1v) is 17.4. The lowest BCUT2D eigenvalue weighted by atomic mass is 9.98. The standard InChI is InChI=1S/C35H51NO7Si/c1-25(37)40-22-21-29-26(23-30(31(38)42-33(2,3)4)36(29)32(39)43-34(5,6)7)24-41-44(35(8,9)10,27-17-13-11-14-18-27)28-19-15-12-16-20-28/h11-20,26,29-30H,21-24H2,1-10H3/t26-,29+,30+/m0/s1. The van der Waals surface area contributed by atoms with Gasteiger partial charge in [0.25, 0.3) is 8.32 Å². The Balaban J connectivity index is 2.09. The zero-order valence-corrected chi connectivity index (χ0v) is 29.1. The molecule has 1 amide bonds. The summed E-state index contributed by atoms with van der Waals surface area (Å²) in [5.41, 5.74) is -1.52. The van der Waals surface area contributed by atoms with Crippen LogP contribution in [0, 0.1) is 5.92 Å². The summed E-state index contributed by atoms with van der Waals surface area (Å²) in [5.74, 6) is -1.15. The zero-order valence-electron chi connectivity index (χ0n) is 28.1. The van der Waals surface area contributed by atoms with Gasteiger partial charge in [-0.1, -0.05) is 81.4 Å². The van der Waals surface area contributed by atoms with Gasteiger partial charge in [-0.25, -0.2) is 9.59 Å². The zero-order chi connectivity index (χ0) is 32.9. The molecule has 1 aliphatic heterocycles. The predicted molar refractivity (Wildman–Crippen MR) is 174 cm³/mol. The number of ether oxygens (including phenoxy) is 3. The Morgan fingerprint density at radius 1 is 0.795 bits per heavy atom. The summed E-state index contributed by atoms with van der Waals surface area (Å²) in [4.78, 5) is 40.6. The van der Waals surface area contributed by atoms with Crippen molar-refractivity contribution < 1.29 is 33.0 Å². The van der Waals surface area contributed by atoms with Crippen LogP contribution in [0.4, 0.5) is 4.79 Å². The largest absolute Gasteiger partial charge is 0.466 e. The topological polar surface area (TPSA) is 91.4 Å². The van der Waals surface area contributed by atoms with Gasteiger partial charge in [-0.3, -0.25) is 9.69 Å². The van der Waals surface area contributed by atoms with E-state index in [1.165, 1.54) is 11.8 Å². The fourth-order valence-corrected chi connectivity index (χ4v) is 10.7. The minimum absolute atomic E-state index is 0.0933. The van der Waals surface area contributed by atoms with Crippen LogP contribution in [0.15, 0.2) is 60.7 Å². The molecule has 0 bridgehead atoms. The first-order chi connectivity index (χ1) is 20.4. The highest BCUT2D eigenvalue weighted by atomic mass is 28.4. The van der Waals surface area contributed by atoms with Crippen LogP contribution in [0.5, 0.6) is 0 Å². The number of rotatable bonds is 9. The Kier molecular flexibility index (Phi) is 11.1. The van der Waals surface area contributed by atoms with Gasteiger partial charge in [0.05, 0.1) is 6.61 Å². The maximum Gasteiger partial charge on any atom is 0.411 e. The summed E-state index contributed by atoms with van der Waals surface area (Å²) in [6, 6.07) is 19.3. The molecule has 2 aromatic carbocycles. The molecular formula is C35H51NO7Si. The number of hydrogen-bond donors (Lipinski definition) is 0. The molecule has 242 valence electrons. The number of hydrogen-bond acceptors (Lipinski definition) is 7. The molecule has 44 heavy (non-hydrogen) atoms. The molecule has 3 rings (SSSR count). The number of carbonyl (C=O) groups excluding carboxylic acids is 3. The Labute approximate surface area is 264 Å². The molecule has 0 aliphatic carbocycles. The fourth-order valence-electron chi connectivity index (χ4n) is 6.04. The van der Waals surface area contributed by atoms with Gasteiger partial charge >= 0.3 is 18.0 Å². The van der Waals surface area contributed by atoms with Gasteiger partial charge in [-0.15, -0.1) is 0 Å². The van der Waals surface area contributed by atoms with E-state index in [2.05, 4.69) is 45.0 Å². The maximum absolute atomic E-state index is 13.8. The average Bonchev–Trinajstić information content (AvgIpc) is 3.26. The molecule has 1 saturated heterocycles. The second-order valence-corrected chi connectivity index (χ2v) is 18.9. The van der Waals surface area contributed by atoms with E-state index in [4.69, 9.17) is 18.6 Å². The molecule has 0 radical (unpaired) electrons. The lowest BCUT2D eigenvalue weighted by Crippen LogP contribution is -2.67. The number of esters is 2. The van der Waals surface area contributed by atoms with Gasteiger partial charge in [0, 0.05) is 31.9 Å². The number of amides is 1. The second kappa shape index (κ2) is 13.9. The molecule has 9 heteroatoms. The molecule has 0 aromatic heterocycles. The van der Waals surface area contributed by atoms with Gasteiger partial charge in [-0.05, 0) is 63.4 Å². The summed E-state index contributed by atoms with van der Waals surface area (Å²) >= 11 is 0. The average molecular weight is 626 g/mol. The highest BCUT2D eigenvalue weighted by Crippen LogP contribution is 2.40. The minimum atomic E-state index is -2.91. The van der Waals surface area contributed by atoms with E-state index in [9.17, 15) is 14.4 Å². The summed E-state index contributed by atoms with van der Waals surface area (Å²) < 4.78 is 24.2. The Morgan fingerprint density at radius 2 is 1.30 bits per heavy atom. The van der Waals surface area contributed by atoms with Crippen LogP contribution in [0.25, 0.3) is 0 Å². The van der Waals surface area contributed by atoms with Crippen LogP contribution in [-0.2, 0) is 28.2 Å². The lowest BCUT2D eigenvalue weighted by Gasteiger charge is -2.44. The number of likely N-dealkylation sites (tertiary alicyclic amines) is 1. The van der Waals surface area contributed by atoms with E-state index in [1.807, 2.05) is 36.4 Å². The van der Waals surface area contributed by atoms with Crippen LogP contribution in [0.1, 0.15) is 82.1 Å². The summed E-state index contributed by atoms with van der Waals surface area (Å²) in [6.07, 6.45) is 0.0541. The first-order valence-electron chi connectivity index (χ1n) is 15.5. The molecule has 1 aliphatic rings. The molecule has 0 unspecified atom stereocenters. The third-order valence-corrected chi connectivity index (χ3v) is 12.7. The molecule has 8 nitrogen and oxygen atoms in total. The highest BCUT2D eigenvalue weighted by Gasteiger charge is 2.54. The summed E-state index contributed by atoms with van der Waals surface area (Å²) in [5, 5.41) is 2.03. The SMILES string of the molecule is CC(=O)OCC[C@@H]1[C@H](CO[Si](c2ccccc2)(c2ccccc2)C(C)(C)C)C[C@H](C(=O)OC(C)(C)C)N1C(=O)OC(C)(C)C. The number of benzene rings is 2. The number of nitrogens with zero attached hydrogens (tertiary/aromatic N) is 1. The Bertz CT molecular complexity index is 1220. The molecule has 0 N–H and O–H groups in total. The third kappa shape index (κ3) is 8.72. The van der Waals surface area contributed by atoms with Crippen LogP contribution in [0.2, 0.25) is 5.04 Å². The monoisotopic (exact) mass is 625 g/mol. The predicted octanol–water partition coefficient (Wildman–Crippen LogP) is 5.85. The van der Waals surface area contributed by atoms with E-state index in [-0.39, 0.29) is 24.2 Å². The Morgan fingerprint density at radius 3 is 1.73 bits per heavy atom. The van der Waals surface area contributed by atoms with Gasteiger partial charge < -0.3 is 18.6 Å². The van der Waals surface area contributed by atoms with E-state index in [1.54, 1.807) is 41.5 Å². The molecule has 1 heterocycles. The molecule has 2 aromatic rings. The summed E-state index contributed by atoms with van der Waals surface area (Å²) in [7, 11) is -2.91. The number of carbonyl (C=O) groups is 3.